The topological polar surface area (TPSA) is 68.3 Å². The summed E-state index contributed by atoms with van der Waals surface area (Å²) in [5, 5.41) is 2.41. The van der Waals surface area contributed by atoms with E-state index in [0.717, 1.165) is 0 Å². The molecule has 0 saturated carbocycles. The summed E-state index contributed by atoms with van der Waals surface area (Å²) in [6, 6.07) is 6.91. The fraction of sp³-hybridized carbons (Fsp3) is 0.214. The Morgan fingerprint density at radius 3 is 2.48 bits per heavy atom. The number of halogens is 3. The Morgan fingerprint density at radius 2 is 1.91 bits per heavy atom. The largest absolute Gasteiger partial charge is 0.427 e. The van der Waals surface area contributed by atoms with Crippen LogP contribution in [0.4, 0.5) is 19.0 Å². The average Bonchev–Trinajstić information content (AvgIpc) is 2.83. The van der Waals surface area contributed by atoms with Gasteiger partial charge in [-0.25, -0.2) is 0 Å². The van der Waals surface area contributed by atoms with E-state index in [1.807, 2.05) is 0 Å². The Hall–Kier alpha value is -2.42. The van der Waals surface area contributed by atoms with Gasteiger partial charge in [-0.1, -0.05) is 0 Å². The number of nitrogens with one attached hydrogen (secondary N) is 1. The first-order chi connectivity index (χ1) is 10.7. The van der Waals surface area contributed by atoms with Crippen LogP contribution in [0.25, 0.3) is 0 Å². The molecule has 0 atom stereocenters. The van der Waals surface area contributed by atoms with E-state index in [1.54, 1.807) is 0 Å². The molecule has 5 nitrogen and oxygen atoms in total. The van der Waals surface area contributed by atoms with Crippen molar-refractivity contribution in [3.8, 4) is 5.75 Å². The van der Waals surface area contributed by atoms with Gasteiger partial charge in [-0.2, -0.15) is 17.5 Å². The van der Waals surface area contributed by atoms with E-state index >= 15 is 0 Å². The molecule has 1 heterocycles. The van der Waals surface area contributed by atoms with Crippen molar-refractivity contribution < 1.29 is 27.5 Å². The van der Waals surface area contributed by atoms with E-state index in [2.05, 4.69) is 9.69 Å². The summed E-state index contributed by atoms with van der Waals surface area (Å²) in [6.45, 7) is 1.25. The maximum Gasteiger partial charge on any atom is 0.393 e. The Morgan fingerprint density at radius 1 is 1.26 bits per heavy atom. The first kappa shape index (κ1) is 16.9. The lowest BCUT2D eigenvalue weighted by atomic mass is 10.2. The smallest absolute Gasteiger partial charge is 0.393 e. The highest BCUT2D eigenvalue weighted by Gasteiger charge is 2.29. The van der Waals surface area contributed by atoms with Gasteiger partial charge in [0.25, 0.3) is 5.91 Å². The molecule has 1 N–H and O–H groups in total. The molecule has 122 valence electrons. The van der Waals surface area contributed by atoms with Gasteiger partial charge in [-0.15, -0.1) is 0 Å². The van der Waals surface area contributed by atoms with Crippen molar-refractivity contribution in [1.82, 2.24) is 4.37 Å². The van der Waals surface area contributed by atoms with Crippen LogP contribution in [-0.2, 0) is 11.2 Å². The first-order valence-corrected chi connectivity index (χ1v) is 7.12. The molecule has 1 aromatic heterocycles. The summed E-state index contributed by atoms with van der Waals surface area (Å²) in [4.78, 5) is 22.8. The molecule has 2 aromatic rings. The minimum absolute atomic E-state index is 0.0120. The predicted molar refractivity (Wildman–Crippen MR) is 77.6 cm³/mol. The quantitative estimate of drug-likeness (QED) is 0.682. The highest BCUT2D eigenvalue weighted by molar-refractivity contribution is 7.06. The number of hydrogen-bond donors (Lipinski definition) is 1. The second-order valence-corrected chi connectivity index (χ2v) is 5.43. The third kappa shape index (κ3) is 5.37. The zero-order chi connectivity index (χ0) is 17.0. The van der Waals surface area contributed by atoms with E-state index in [9.17, 15) is 22.8 Å². The first-order valence-electron chi connectivity index (χ1n) is 6.35. The van der Waals surface area contributed by atoms with E-state index in [0.29, 0.717) is 11.5 Å². The van der Waals surface area contributed by atoms with Crippen LogP contribution in [0.5, 0.6) is 5.75 Å². The Labute approximate surface area is 133 Å². The molecule has 0 bridgehead atoms. The molecule has 23 heavy (non-hydrogen) atoms. The third-order valence-corrected chi connectivity index (χ3v) is 3.34. The van der Waals surface area contributed by atoms with Gasteiger partial charge in [0, 0.05) is 17.4 Å². The summed E-state index contributed by atoms with van der Waals surface area (Å²) >= 11 is 0.681. The molecular weight excluding hydrogens is 333 g/mol. The van der Waals surface area contributed by atoms with E-state index in [4.69, 9.17) is 4.74 Å². The van der Waals surface area contributed by atoms with Gasteiger partial charge >= 0.3 is 12.1 Å². The summed E-state index contributed by atoms with van der Waals surface area (Å²) in [5.41, 5.74) is 0.256. The van der Waals surface area contributed by atoms with Crippen molar-refractivity contribution in [1.29, 1.82) is 0 Å². The van der Waals surface area contributed by atoms with Crippen LogP contribution in [-0.4, -0.2) is 22.4 Å². The lowest BCUT2D eigenvalue weighted by Crippen LogP contribution is -2.12. The van der Waals surface area contributed by atoms with Crippen LogP contribution in [0.1, 0.15) is 22.2 Å². The molecule has 2 rings (SSSR count). The number of benzene rings is 1. The second kappa shape index (κ2) is 6.78. The maximum atomic E-state index is 12.3. The number of esters is 1. The van der Waals surface area contributed by atoms with Crippen molar-refractivity contribution in [3.05, 3.63) is 40.8 Å². The zero-order valence-corrected chi connectivity index (χ0v) is 12.6. The van der Waals surface area contributed by atoms with Crippen LogP contribution < -0.4 is 10.1 Å². The van der Waals surface area contributed by atoms with Gasteiger partial charge in [0.05, 0.1) is 6.42 Å². The number of nitrogens with zero attached hydrogens (tertiary/aromatic N) is 1. The Bertz CT molecular complexity index is 711. The molecule has 1 aromatic carbocycles. The minimum atomic E-state index is -4.32. The number of hydrogen-bond acceptors (Lipinski definition) is 5. The molecule has 0 aliphatic carbocycles. The summed E-state index contributed by atoms with van der Waals surface area (Å²) in [6.07, 6.45) is -5.40. The molecule has 0 aliphatic rings. The molecular formula is C14H11F3N2O3S. The highest BCUT2D eigenvalue weighted by atomic mass is 32.1. The predicted octanol–water partition coefficient (Wildman–Crippen LogP) is 3.43. The van der Waals surface area contributed by atoms with Crippen molar-refractivity contribution >= 4 is 29.2 Å². The van der Waals surface area contributed by atoms with Crippen molar-refractivity contribution in [3.63, 3.8) is 0 Å². The van der Waals surface area contributed by atoms with Crippen molar-refractivity contribution in [2.45, 2.75) is 19.5 Å². The van der Waals surface area contributed by atoms with Gasteiger partial charge in [-0.3, -0.25) is 9.59 Å². The summed E-state index contributed by atoms with van der Waals surface area (Å²) < 4.78 is 45.4. The number of aromatic nitrogens is 1. The number of alkyl halides is 3. The second-order valence-electron chi connectivity index (χ2n) is 4.54. The fourth-order valence-corrected chi connectivity index (χ4v) is 2.39. The number of rotatable bonds is 4. The SMILES string of the molecule is CC(=O)Oc1ccc(C(=O)Nc2cc(CC(F)(F)F)sn2)cc1. The molecule has 1 amide bonds. The van der Waals surface area contributed by atoms with Crippen LogP contribution >= 0.6 is 11.5 Å². The zero-order valence-electron chi connectivity index (χ0n) is 11.8. The Balaban J connectivity index is 2.00. The van der Waals surface area contributed by atoms with E-state index in [-0.39, 0.29) is 22.0 Å². The number of anilines is 1. The fourth-order valence-electron chi connectivity index (χ4n) is 1.68. The van der Waals surface area contributed by atoms with Crippen molar-refractivity contribution in [2.75, 3.05) is 5.32 Å². The van der Waals surface area contributed by atoms with Gasteiger partial charge in [0.2, 0.25) is 0 Å². The van der Waals surface area contributed by atoms with Gasteiger partial charge < -0.3 is 10.1 Å². The van der Waals surface area contributed by atoms with Gasteiger partial charge in [0.15, 0.2) is 0 Å². The van der Waals surface area contributed by atoms with E-state index < -0.39 is 24.5 Å². The van der Waals surface area contributed by atoms with Gasteiger partial charge in [-0.05, 0) is 41.9 Å². The third-order valence-electron chi connectivity index (χ3n) is 2.55. The highest BCUT2D eigenvalue weighted by Crippen LogP contribution is 2.25. The molecule has 0 aliphatic heterocycles. The standard InChI is InChI=1S/C14H11F3N2O3S/c1-8(20)22-10-4-2-9(3-5-10)13(21)18-12-6-11(23-19-12)7-14(15,16)17/h2-6H,7H2,1H3,(H,18,19,21). The molecule has 9 heteroatoms. The number of carbonyl (C=O) groups excluding carboxylic acids is 2. The number of ether oxygens (including phenoxy) is 1. The molecule has 0 fully saturated rings. The van der Waals surface area contributed by atoms with Crippen LogP contribution in [0.2, 0.25) is 0 Å². The maximum absolute atomic E-state index is 12.3. The number of carbonyl (C=O) groups is 2. The summed E-state index contributed by atoms with van der Waals surface area (Å²) in [5.74, 6) is -0.663. The molecule has 0 radical (unpaired) electrons. The van der Waals surface area contributed by atoms with Crippen LogP contribution in [0.15, 0.2) is 30.3 Å². The average molecular weight is 344 g/mol. The molecule has 0 saturated heterocycles. The lowest BCUT2D eigenvalue weighted by molar-refractivity contribution is -0.132. The molecule has 0 unspecified atom stereocenters. The normalized spacial score (nSPS) is 11.1. The van der Waals surface area contributed by atoms with Gasteiger partial charge in [0.1, 0.15) is 11.6 Å². The molecule has 0 spiro atoms. The van der Waals surface area contributed by atoms with Crippen LogP contribution in [0, 0.1) is 0 Å². The van der Waals surface area contributed by atoms with Crippen LogP contribution in [0.3, 0.4) is 0 Å². The Kier molecular flexibility index (Phi) is 4.99. The lowest BCUT2D eigenvalue weighted by Gasteiger charge is -2.04. The van der Waals surface area contributed by atoms with Crippen molar-refractivity contribution in [2.24, 2.45) is 0 Å². The minimum Gasteiger partial charge on any atom is -0.427 e. The van der Waals surface area contributed by atoms with E-state index in [1.165, 1.54) is 37.3 Å². The monoisotopic (exact) mass is 344 g/mol. The number of amides is 1. The summed E-state index contributed by atoms with van der Waals surface area (Å²) in [7, 11) is 0.